The zero-order valence-corrected chi connectivity index (χ0v) is 18.3. The second-order valence-corrected chi connectivity index (χ2v) is 8.66. The zero-order valence-electron chi connectivity index (χ0n) is 17.5. The predicted octanol–water partition coefficient (Wildman–Crippen LogP) is 2.01. The molecular weight excluding hydrogens is 420 g/mol. The molecule has 0 aliphatic rings. The van der Waals surface area contributed by atoms with Crippen molar-refractivity contribution in [2.45, 2.75) is 11.8 Å². The van der Waals surface area contributed by atoms with E-state index in [2.05, 4.69) is 5.10 Å². The van der Waals surface area contributed by atoms with Crippen LogP contribution in [0.4, 0.5) is 0 Å². The van der Waals surface area contributed by atoms with Crippen molar-refractivity contribution in [2.24, 2.45) is 0 Å². The maximum absolute atomic E-state index is 12.6. The third kappa shape index (κ3) is 4.75. The van der Waals surface area contributed by atoms with Gasteiger partial charge in [-0.1, -0.05) is 6.07 Å². The Balaban J connectivity index is 1.80. The summed E-state index contributed by atoms with van der Waals surface area (Å²) >= 11 is 0. The van der Waals surface area contributed by atoms with E-state index in [-0.39, 0.29) is 16.5 Å². The van der Waals surface area contributed by atoms with E-state index in [4.69, 9.17) is 4.74 Å². The topological polar surface area (TPSA) is 111 Å². The summed E-state index contributed by atoms with van der Waals surface area (Å²) in [6.45, 7) is 1.91. The Bertz CT molecular complexity index is 1230. The molecule has 31 heavy (non-hydrogen) atoms. The molecule has 9 nitrogen and oxygen atoms in total. The maximum atomic E-state index is 12.6. The number of carbonyl (C=O) groups excluding carboxylic acids is 2. The van der Waals surface area contributed by atoms with Gasteiger partial charge in [0.1, 0.15) is 11.4 Å². The van der Waals surface area contributed by atoms with Gasteiger partial charge in [-0.2, -0.15) is 5.10 Å². The highest BCUT2D eigenvalue weighted by atomic mass is 32.2. The van der Waals surface area contributed by atoms with Gasteiger partial charge in [-0.3, -0.25) is 9.59 Å². The number of hydrogen-bond donors (Lipinski definition) is 1. The van der Waals surface area contributed by atoms with Crippen molar-refractivity contribution in [3.05, 3.63) is 71.5 Å². The average molecular weight is 442 g/mol. The van der Waals surface area contributed by atoms with E-state index in [1.165, 1.54) is 47.0 Å². The number of nitrogens with zero attached hydrogens (tertiary/aromatic N) is 3. The van der Waals surface area contributed by atoms with E-state index in [0.29, 0.717) is 17.0 Å². The molecule has 162 valence electrons. The highest BCUT2D eigenvalue weighted by Gasteiger charge is 2.21. The minimum atomic E-state index is -4.14. The Morgan fingerprint density at radius 2 is 1.74 bits per heavy atom. The van der Waals surface area contributed by atoms with Crippen molar-refractivity contribution >= 4 is 21.8 Å². The molecule has 0 unspecified atom stereocenters. The number of aromatic nitrogens is 2. The number of ether oxygens (including phenoxy) is 1. The summed E-state index contributed by atoms with van der Waals surface area (Å²) < 4.78 is 33.9. The number of rotatable bonds is 6. The molecule has 1 N–H and O–H groups in total. The number of hydrogen-bond acceptors (Lipinski definition) is 6. The Labute approximate surface area is 180 Å². The Morgan fingerprint density at radius 1 is 1.06 bits per heavy atom. The molecule has 0 saturated heterocycles. The van der Waals surface area contributed by atoms with Crippen molar-refractivity contribution in [1.29, 1.82) is 0 Å². The van der Waals surface area contributed by atoms with E-state index in [9.17, 15) is 18.0 Å². The lowest BCUT2D eigenvalue weighted by Crippen LogP contribution is -2.31. The van der Waals surface area contributed by atoms with Gasteiger partial charge in [0.05, 0.1) is 12.0 Å². The van der Waals surface area contributed by atoms with Crippen LogP contribution < -0.4 is 9.46 Å². The molecule has 3 rings (SSSR count). The summed E-state index contributed by atoms with van der Waals surface area (Å²) in [4.78, 5) is 25.7. The molecular formula is C21H22N4O5S. The average Bonchev–Trinajstić information content (AvgIpc) is 3.23. The van der Waals surface area contributed by atoms with Gasteiger partial charge in [-0.25, -0.2) is 17.8 Å². The molecule has 0 aliphatic heterocycles. The van der Waals surface area contributed by atoms with Crippen molar-refractivity contribution in [3.63, 3.8) is 0 Å². The predicted molar refractivity (Wildman–Crippen MR) is 114 cm³/mol. The maximum Gasteiger partial charge on any atom is 0.285 e. The highest BCUT2D eigenvalue weighted by Crippen LogP contribution is 2.23. The van der Waals surface area contributed by atoms with Gasteiger partial charge in [-0.15, -0.1) is 0 Å². The lowest BCUT2D eigenvalue weighted by atomic mass is 10.2. The first-order valence-electron chi connectivity index (χ1n) is 9.22. The van der Waals surface area contributed by atoms with E-state index >= 15 is 0 Å². The van der Waals surface area contributed by atoms with Crippen LogP contribution in [0.5, 0.6) is 5.75 Å². The van der Waals surface area contributed by atoms with Crippen LogP contribution in [0, 0.1) is 6.92 Å². The van der Waals surface area contributed by atoms with Crippen LogP contribution in [0.15, 0.2) is 59.6 Å². The minimum absolute atomic E-state index is 0.0773. The minimum Gasteiger partial charge on any atom is -0.494 e. The Morgan fingerprint density at radius 3 is 2.35 bits per heavy atom. The molecule has 0 radical (unpaired) electrons. The number of methoxy groups -OCH3 is 1. The molecule has 2 amide bonds. The summed E-state index contributed by atoms with van der Waals surface area (Å²) in [7, 11) is 0.571. The first-order chi connectivity index (χ1) is 14.6. The van der Waals surface area contributed by atoms with Crippen LogP contribution in [0.2, 0.25) is 0 Å². The second-order valence-electron chi connectivity index (χ2n) is 6.98. The number of carbonyl (C=O) groups is 2. The van der Waals surface area contributed by atoms with Crippen molar-refractivity contribution in [3.8, 4) is 11.4 Å². The van der Waals surface area contributed by atoms with E-state index < -0.39 is 15.9 Å². The number of nitrogens with one attached hydrogen (secondary N) is 1. The molecule has 0 spiro atoms. The highest BCUT2D eigenvalue weighted by molar-refractivity contribution is 7.90. The zero-order chi connectivity index (χ0) is 22.8. The number of aryl methyl sites for hydroxylation is 1. The molecule has 0 bridgehead atoms. The van der Waals surface area contributed by atoms with Crippen LogP contribution in [-0.4, -0.2) is 56.1 Å². The normalized spacial score (nSPS) is 11.1. The lowest BCUT2D eigenvalue weighted by Gasteiger charge is -2.11. The lowest BCUT2D eigenvalue weighted by molar-refractivity contribution is 0.0827. The molecule has 10 heteroatoms. The van der Waals surface area contributed by atoms with E-state index in [1.807, 2.05) is 23.8 Å². The molecule has 1 heterocycles. The Hall–Kier alpha value is -3.66. The first-order valence-corrected chi connectivity index (χ1v) is 10.7. The fourth-order valence-electron chi connectivity index (χ4n) is 2.83. The van der Waals surface area contributed by atoms with Crippen LogP contribution in [-0.2, 0) is 10.0 Å². The van der Waals surface area contributed by atoms with Gasteiger partial charge in [0.25, 0.3) is 21.8 Å². The van der Waals surface area contributed by atoms with E-state index in [1.54, 1.807) is 26.4 Å². The summed E-state index contributed by atoms with van der Waals surface area (Å²) in [6, 6.07) is 12.2. The monoisotopic (exact) mass is 442 g/mol. The molecule has 3 aromatic rings. The van der Waals surface area contributed by atoms with Gasteiger partial charge in [-0.05, 0) is 55.0 Å². The molecule has 0 saturated carbocycles. The second kappa shape index (κ2) is 8.60. The van der Waals surface area contributed by atoms with Crippen LogP contribution >= 0.6 is 0 Å². The summed E-state index contributed by atoms with van der Waals surface area (Å²) in [5.41, 5.74) is 1.84. The van der Waals surface area contributed by atoms with Gasteiger partial charge in [0, 0.05) is 25.9 Å². The summed E-state index contributed by atoms with van der Waals surface area (Å²) in [5, 5.41) is 4.17. The third-order valence-electron chi connectivity index (χ3n) is 4.45. The number of amides is 2. The van der Waals surface area contributed by atoms with Crippen molar-refractivity contribution < 1.29 is 22.7 Å². The van der Waals surface area contributed by atoms with Crippen LogP contribution in [0.1, 0.15) is 26.4 Å². The summed E-state index contributed by atoms with van der Waals surface area (Å²) in [6.07, 6.45) is 1.54. The molecule has 0 aliphatic carbocycles. The van der Waals surface area contributed by atoms with E-state index in [0.717, 1.165) is 5.56 Å². The standard InChI is InChI=1S/C21H22N4O5S/c1-14-5-10-19(30-4)18(13-14)25-12-11-17(22-25)20(26)23-31(28,29)16-8-6-15(7-9-16)21(27)24(2)3/h5-13H,1-4H3,(H,23,26). The number of sulfonamides is 1. The fraction of sp³-hybridized carbons (Fsp3) is 0.190. The van der Waals surface area contributed by atoms with Crippen molar-refractivity contribution in [1.82, 2.24) is 19.4 Å². The number of benzene rings is 2. The van der Waals surface area contributed by atoms with Crippen LogP contribution in [0.25, 0.3) is 5.69 Å². The molecule has 1 aromatic heterocycles. The largest absolute Gasteiger partial charge is 0.494 e. The molecule has 2 aromatic carbocycles. The van der Waals surface area contributed by atoms with Crippen molar-refractivity contribution in [2.75, 3.05) is 21.2 Å². The summed E-state index contributed by atoms with van der Waals surface area (Å²) in [5.74, 6) is -0.579. The SMILES string of the molecule is COc1ccc(C)cc1-n1ccc(C(=O)NS(=O)(=O)c2ccc(C(=O)N(C)C)cc2)n1. The quantitative estimate of drug-likeness (QED) is 0.625. The Kier molecular flexibility index (Phi) is 6.11. The molecule has 0 fully saturated rings. The van der Waals surface area contributed by atoms with Gasteiger partial charge < -0.3 is 9.64 Å². The smallest absolute Gasteiger partial charge is 0.285 e. The van der Waals surface area contributed by atoms with Gasteiger partial charge >= 0.3 is 0 Å². The first kappa shape index (κ1) is 22.0. The third-order valence-corrected chi connectivity index (χ3v) is 5.79. The van der Waals surface area contributed by atoms with Gasteiger partial charge in [0.2, 0.25) is 0 Å². The van der Waals surface area contributed by atoms with Crippen LogP contribution in [0.3, 0.4) is 0 Å². The van der Waals surface area contributed by atoms with Gasteiger partial charge in [0.15, 0.2) is 5.69 Å². The fourth-order valence-corrected chi connectivity index (χ4v) is 3.79. The molecule has 0 atom stereocenters.